The van der Waals surface area contributed by atoms with E-state index in [0.29, 0.717) is 12.2 Å². The second-order valence-electron chi connectivity index (χ2n) is 5.81. The molecule has 0 unspecified atom stereocenters. The fourth-order valence-electron chi connectivity index (χ4n) is 2.92. The van der Waals surface area contributed by atoms with Crippen LogP contribution in [0.25, 0.3) is 22.3 Å². The van der Waals surface area contributed by atoms with Gasteiger partial charge in [-0.25, -0.2) is 9.18 Å². The van der Waals surface area contributed by atoms with E-state index in [2.05, 4.69) is 0 Å². The number of esters is 1. The zero-order chi connectivity index (χ0) is 17.8. The Bertz CT molecular complexity index is 884. The van der Waals surface area contributed by atoms with E-state index in [-0.39, 0.29) is 11.8 Å². The van der Waals surface area contributed by atoms with Crippen molar-refractivity contribution in [2.45, 2.75) is 13.8 Å². The van der Waals surface area contributed by atoms with Crippen LogP contribution in [0.4, 0.5) is 4.39 Å². The van der Waals surface area contributed by atoms with Gasteiger partial charge in [0.2, 0.25) is 0 Å². The predicted octanol–water partition coefficient (Wildman–Crippen LogP) is 5.64. The summed E-state index contributed by atoms with van der Waals surface area (Å²) >= 11 is 0. The summed E-state index contributed by atoms with van der Waals surface area (Å²) < 4.78 is 18.5. The highest BCUT2D eigenvalue weighted by Crippen LogP contribution is 2.33. The summed E-state index contributed by atoms with van der Waals surface area (Å²) in [5.41, 5.74) is 4.95. The van der Waals surface area contributed by atoms with Crippen LogP contribution in [0.15, 0.2) is 66.7 Å². The second-order valence-corrected chi connectivity index (χ2v) is 5.81. The largest absolute Gasteiger partial charge is 0.462 e. The molecule has 0 saturated heterocycles. The Hall–Kier alpha value is -2.94. The van der Waals surface area contributed by atoms with Crippen molar-refractivity contribution in [1.29, 1.82) is 0 Å². The van der Waals surface area contributed by atoms with Crippen molar-refractivity contribution in [3.05, 3.63) is 83.7 Å². The third-order valence-corrected chi connectivity index (χ3v) is 4.08. The topological polar surface area (TPSA) is 26.3 Å². The average molecular weight is 334 g/mol. The van der Waals surface area contributed by atoms with Gasteiger partial charge in [0.25, 0.3) is 0 Å². The lowest BCUT2D eigenvalue weighted by atomic mass is 9.91. The van der Waals surface area contributed by atoms with Gasteiger partial charge in [0.15, 0.2) is 0 Å². The van der Waals surface area contributed by atoms with Crippen LogP contribution in [-0.4, -0.2) is 12.6 Å². The number of hydrogen-bond donors (Lipinski definition) is 0. The molecule has 0 aromatic heterocycles. The smallest absolute Gasteiger partial charge is 0.339 e. The molecular weight excluding hydrogens is 315 g/mol. The molecule has 0 atom stereocenters. The molecule has 3 aromatic carbocycles. The van der Waals surface area contributed by atoms with Crippen LogP contribution < -0.4 is 0 Å². The first-order valence-electron chi connectivity index (χ1n) is 8.23. The number of ether oxygens (including phenoxy) is 1. The maximum atomic E-state index is 13.3. The average Bonchev–Trinajstić information content (AvgIpc) is 2.62. The van der Waals surface area contributed by atoms with Crippen LogP contribution in [-0.2, 0) is 4.74 Å². The molecule has 0 saturated carbocycles. The monoisotopic (exact) mass is 334 g/mol. The lowest BCUT2D eigenvalue weighted by molar-refractivity contribution is 0.0526. The summed E-state index contributed by atoms with van der Waals surface area (Å²) in [6.07, 6.45) is 0. The molecule has 0 fully saturated rings. The normalized spacial score (nSPS) is 10.5. The standard InChI is InChI=1S/C22H19FO2/c1-3-25-22(24)21-15(2)13-18(16-7-5-4-6-8-16)14-20(21)17-9-11-19(23)12-10-17/h4-14H,3H2,1-2H3. The Morgan fingerprint density at radius 2 is 1.60 bits per heavy atom. The predicted molar refractivity (Wildman–Crippen MR) is 98.0 cm³/mol. The van der Waals surface area contributed by atoms with E-state index in [4.69, 9.17) is 4.74 Å². The third-order valence-electron chi connectivity index (χ3n) is 4.08. The van der Waals surface area contributed by atoms with Gasteiger partial charge in [-0.1, -0.05) is 48.5 Å². The number of benzene rings is 3. The van der Waals surface area contributed by atoms with Gasteiger partial charge in [-0.3, -0.25) is 0 Å². The minimum absolute atomic E-state index is 0.307. The van der Waals surface area contributed by atoms with Crippen molar-refractivity contribution in [1.82, 2.24) is 0 Å². The third kappa shape index (κ3) is 3.61. The van der Waals surface area contributed by atoms with Gasteiger partial charge in [0.05, 0.1) is 12.2 Å². The van der Waals surface area contributed by atoms with Crippen LogP contribution in [0, 0.1) is 12.7 Å². The molecule has 3 heteroatoms. The van der Waals surface area contributed by atoms with Crippen molar-refractivity contribution >= 4 is 5.97 Å². The molecule has 0 heterocycles. The highest BCUT2D eigenvalue weighted by Gasteiger charge is 2.18. The molecule has 3 rings (SSSR count). The lowest BCUT2D eigenvalue weighted by Gasteiger charge is -2.15. The maximum absolute atomic E-state index is 13.3. The summed E-state index contributed by atoms with van der Waals surface area (Å²) in [4.78, 5) is 12.5. The Morgan fingerprint density at radius 1 is 0.920 bits per heavy atom. The summed E-state index contributed by atoms with van der Waals surface area (Å²) in [5, 5.41) is 0. The number of carbonyl (C=O) groups excluding carboxylic acids is 1. The van der Waals surface area contributed by atoms with Crippen LogP contribution >= 0.6 is 0 Å². The van der Waals surface area contributed by atoms with Gasteiger partial charge in [0, 0.05) is 0 Å². The van der Waals surface area contributed by atoms with Crippen molar-refractivity contribution in [2.24, 2.45) is 0 Å². The van der Waals surface area contributed by atoms with Gasteiger partial charge < -0.3 is 4.74 Å². The summed E-state index contributed by atoms with van der Waals surface area (Å²) in [7, 11) is 0. The molecule has 0 spiro atoms. The molecule has 25 heavy (non-hydrogen) atoms. The SMILES string of the molecule is CCOC(=O)c1c(C)cc(-c2ccccc2)cc1-c1ccc(F)cc1. The number of rotatable bonds is 4. The quantitative estimate of drug-likeness (QED) is 0.577. The molecule has 3 aromatic rings. The first kappa shape index (κ1) is 16.9. The fraction of sp³-hybridized carbons (Fsp3) is 0.136. The van der Waals surface area contributed by atoms with E-state index in [1.807, 2.05) is 49.4 Å². The van der Waals surface area contributed by atoms with E-state index in [1.54, 1.807) is 19.1 Å². The van der Waals surface area contributed by atoms with Crippen LogP contribution in [0.1, 0.15) is 22.8 Å². The Morgan fingerprint density at radius 3 is 2.24 bits per heavy atom. The molecule has 0 radical (unpaired) electrons. The molecule has 0 aliphatic rings. The van der Waals surface area contributed by atoms with Gasteiger partial charge in [0.1, 0.15) is 5.82 Å². The number of hydrogen-bond acceptors (Lipinski definition) is 2. The van der Waals surface area contributed by atoms with E-state index >= 15 is 0 Å². The Labute approximate surface area is 146 Å². The maximum Gasteiger partial charge on any atom is 0.339 e. The molecule has 0 aliphatic heterocycles. The molecular formula is C22H19FO2. The zero-order valence-electron chi connectivity index (χ0n) is 14.3. The molecule has 0 bridgehead atoms. The minimum atomic E-state index is -0.362. The Balaban J connectivity index is 2.21. The summed E-state index contributed by atoms with van der Waals surface area (Å²) in [6.45, 7) is 3.98. The van der Waals surface area contributed by atoms with Gasteiger partial charge >= 0.3 is 5.97 Å². The van der Waals surface area contributed by atoms with Crippen LogP contribution in [0.2, 0.25) is 0 Å². The number of carbonyl (C=O) groups is 1. The first-order valence-corrected chi connectivity index (χ1v) is 8.23. The fourth-order valence-corrected chi connectivity index (χ4v) is 2.92. The van der Waals surface area contributed by atoms with Crippen LogP contribution in [0.3, 0.4) is 0 Å². The van der Waals surface area contributed by atoms with Crippen molar-refractivity contribution < 1.29 is 13.9 Å². The highest BCUT2D eigenvalue weighted by molar-refractivity contribution is 6.00. The minimum Gasteiger partial charge on any atom is -0.462 e. The molecule has 0 amide bonds. The van der Waals surface area contributed by atoms with Gasteiger partial charge in [-0.05, 0) is 59.9 Å². The molecule has 126 valence electrons. The second kappa shape index (κ2) is 7.31. The van der Waals surface area contributed by atoms with E-state index in [0.717, 1.165) is 27.8 Å². The Kier molecular flexibility index (Phi) is 4.94. The zero-order valence-corrected chi connectivity index (χ0v) is 14.3. The van der Waals surface area contributed by atoms with E-state index in [1.165, 1.54) is 12.1 Å². The highest BCUT2D eigenvalue weighted by atomic mass is 19.1. The van der Waals surface area contributed by atoms with E-state index < -0.39 is 0 Å². The number of halogens is 1. The lowest BCUT2D eigenvalue weighted by Crippen LogP contribution is -2.09. The molecule has 0 aliphatic carbocycles. The van der Waals surface area contributed by atoms with Gasteiger partial charge in [-0.15, -0.1) is 0 Å². The summed E-state index contributed by atoms with van der Waals surface area (Å²) in [5.74, 6) is -0.670. The van der Waals surface area contributed by atoms with Crippen molar-refractivity contribution in [3.63, 3.8) is 0 Å². The van der Waals surface area contributed by atoms with Crippen molar-refractivity contribution in [2.75, 3.05) is 6.61 Å². The summed E-state index contributed by atoms with van der Waals surface area (Å²) in [6, 6.07) is 20.1. The van der Waals surface area contributed by atoms with Crippen LogP contribution in [0.5, 0.6) is 0 Å². The number of aryl methyl sites for hydroxylation is 1. The van der Waals surface area contributed by atoms with E-state index in [9.17, 15) is 9.18 Å². The van der Waals surface area contributed by atoms with Gasteiger partial charge in [-0.2, -0.15) is 0 Å². The molecule has 0 N–H and O–H groups in total. The van der Waals surface area contributed by atoms with Crippen molar-refractivity contribution in [3.8, 4) is 22.3 Å². The first-order chi connectivity index (χ1) is 12.1. The molecule has 2 nitrogen and oxygen atoms in total.